The first kappa shape index (κ1) is 19.3. The van der Waals surface area contributed by atoms with Crippen LogP contribution in [0.5, 0.6) is 11.5 Å². The number of urea groups is 1. The van der Waals surface area contributed by atoms with Crippen molar-refractivity contribution in [3.8, 4) is 11.5 Å². The molecule has 6 nitrogen and oxygen atoms in total. The molecule has 1 atom stereocenters. The van der Waals surface area contributed by atoms with Crippen LogP contribution in [0.4, 0.5) is 10.5 Å². The summed E-state index contributed by atoms with van der Waals surface area (Å²) < 4.78 is 11.0. The van der Waals surface area contributed by atoms with Crippen LogP contribution < -0.4 is 20.1 Å². The Kier molecular flexibility index (Phi) is 5.95. The van der Waals surface area contributed by atoms with Crippen LogP contribution in [0, 0.1) is 5.92 Å². The molecule has 4 rings (SSSR count). The number of amides is 2. The van der Waals surface area contributed by atoms with Crippen LogP contribution in [-0.2, 0) is 6.61 Å². The number of hydrogen-bond acceptors (Lipinski definition) is 5. The van der Waals surface area contributed by atoms with E-state index < -0.39 is 0 Å². The number of rotatable bonds is 8. The number of carbonyl (C=O) groups is 1. The van der Waals surface area contributed by atoms with Crippen LogP contribution in [0.25, 0.3) is 0 Å². The third-order valence-electron chi connectivity index (χ3n) is 4.82. The number of benzene rings is 2. The number of anilines is 1. The highest BCUT2D eigenvalue weighted by atomic mass is 32.1. The molecule has 1 unspecified atom stereocenters. The number of nitrogens with one attached hydrogen (secondary N) is 2. The van der Waals surface area contributed by atoms with Crippen LogP contribution >= 0.6 is 11.3 Å². The lowest BCUT2D eigenvalue weighted by atomic mass is 10.0. The Morgan fingerprint density at radius 3 is 2.72 bits per heavy atom. The van der Waals surface area contributed by atoms with Crippen LogP contribution in [0.1, 0.15) is 30.1 Å². The summed E-state index contributed by atoms with van der Waals surface area (Å²) in [6, 6.07) is 15.0. The molecule has 1 aliphatic rings. The van der Waals surface area contributed by atoms with E-state index in [-0.39, 0.29) is 12.1 Å². The van der Waals surface area contributed by atoms with Crippen LogP contribution in [0.2, 0.25) is 0 Å². The molecule has 2 amide bonds. The standard InChI is InChI=1S/C22H23N3O3S/c1-27-19-9-7-16(8-10-19)21(15-5-6-15)25-22(26)24-17-3-2-4-20(11-17)28-12-18-13-29-14-23-18/h2-4,7-11,13-15,21H,5-6,12H2,1H3,(H2,24,25,26). The van der Waals surface area contributed by atoms with Gasteiger partial charge < -0.3 is 20.1 Å². The molecule has 7 heteroatoms. The fourth-order valence-electron chi connectivity index (χ4n) is 3.15. The van der Waals surface area contributed by atoms with Crippen molar-refractivity contribution in [3.63, 3.8) is 0 Å². The second kappa shape index (κ2) is 8.96. The number of thiazole rings is 1. The first-order valence-corrected chi connectivity index (χ1v) is 10.5. The Morgan fingerprint density at radius 1 is 1.21 bits per heavy atom. The molecule has 1 aliphatic carbocycles. The summed E-state index contributed by atoms with van der Waals surface area (Å²) in [4.78, 5) is 16.8. The minimum absolute atomic E-state index is 0.00926. The Labute approximate surface area is 173 Å². The van der Waals surface area contributed by atoms with Gasteiger partial charge >= 0.3 is 6.03 Å². The summed E-state index contributed by atoms with van der Waals surface area (Å²) in [5.41, 5.74) is 4.43. The predicted octanol–water partition coefficient (Wildman–Crippen LogP) is 5.00. The van der Waals surface area contributed by atoms with Crippen LogP contribution in [-0.4, -0.2) is 18.1 Å². The number of methoxy groups -OCH3 is 1. The van der Waals surface area contributed by atoms with E-state index in [9.17, 15) is 4.79 Å². The Morgan fingerprint density at radius 2 is 2.03 bits per heavy atom. The SMILES string of the molecule is COc1ccc(C(NC(=O)Nc2cccc(OCc3cscn3)c2)C2CC2)cc1. The first-order valence-electron chi connectivity index (χ1n) is 9.52. The lowest BCUT2D eigenvalue weighted by molar-refractivity contribution is 0.247. The molecule has 0 spiro atoms. The number of ether oxygens (including phenoxy) is 2. The molecule has 0 saturated heterocycles. The largest absolute Gasteiger partial charge is 0.497 e. The van der Waals surface area contributed by atoms with Crippen molar-refractivity contribution >= 4 is 23.1 Å². The van der Waals surface area contributed by atoms with Gasteiger partial charge in [-0.1, -0.05) is 18.2 Å². The first-order chi connectivity index (χ1) is 14.2. The average molecular weight is 410 g/mol. The lowest BCUT2D eigenvalue weighted by Crippen LogP contribution is -2.33. The van der Waals surface area contributed by atoms with Gasteiger partial charge in [0, 0.05) is 17.1 Å². The smallest absolute Gasteiger partial charge is 0.319 e. The van der Waals surface area contributed by atoms with Gasteiger partial charge in [-0.2, -0.15) is 0 Å². The number of nitrogens with zero attached hydrogens (tertiary/aromatic N) is 1. The van der Waals surface area contributed by atoms with E-state index in [0.29, 0.717) is 24.0 Å². The summed E-state index contributed by atoms with van der Waals surface area (Å²) in [6.07, 6.45) is 2.24. The normalized spacial score (nSPS) is 14.1. The van der Waals surface area contributed by atoms with Crippen molar-refractivity contribution in [1.29, 1.82) is 0 Å². The van der Waals surface area contributed by atoms with Gasteiger partial charge in [0.25, 0.3) is 0 Å². The van der Waals surface area contributed by atoms with E-state index >= 15 is 0 Å². The molecule has 0 aliphatic heterocycles. The second-order valence-electron chi connectivity index (χ2n) is 6.98. The van der Waals surface area contributed by atoms with E-state index in [1.54, 1.807) is 12.6 Å². The van der Waals surface area contributed by atoms with Crippen molar-refractivity contribution in [2.24, 2.45) is 5.92 Å². The highest BCUT2D eigenvalue weighted by molar-refractivity contribution is 7.07. The van der Waals surface area contributed by atoms with Gasteiger partial charge in [0.2, 0.25) is 0 Å². The molecule has 1 heterocycles. The maximum Gasteiger partial charge on any atom is 0.319 e. The van der Waals surface area contributed by atoms with Gasteiger partial charge in [-0.05, 0) is 48.6 Å². The Bertz CT molecular complexity index is 940. The molecule has 1 fully saturated rings. The molecule has 2 N–H and O–H groups in total. The minimum atomic E-state index is -0.227. The number of hydrogen-bond donors (Lipinski definition) is 2. The molecule has 0 radical (unpaired) electrons. The molecular weight excluding hydrogens is 386 g/mol. The molecule has 0 bridgehead atoms. The van der Waals surface area contributed by atoms with E-state index in [0.717, 1.165) is 29.8 Å². The molecule has 3 aromatic rings. The summed E-state index contributed by atoms with van der Waals surface area (Å²) >= 11 is 1.54. The predicted molar refractivity (Wildman–Crippen MR) is 114 cm³/mol. The highest BCUT2D eigenvalue weighted by Crippen LogP contribution is 2.41. The minimum Gasteiger partial charge on any atom is -0.497 e. The maximum absolute atomic E-state index is 12.6. The fourth-order valence-corrected chi connectivity index (χ4v) is 3.70. The zero-order valence-corrected chi connectivity index (χ0v) is 16.9. The molecule has 29 heavy (non-hydrogen) atoms. The highest BCUT2D eigenvalue weighted by Gasteiger charge is 2.33. The average Bonchev–Trinajstić information content (AvgIpc) is 3.45. The van der Waals surface area contributed by atoms with Crippen molar-refractivity contribution in [2.45, 2.75) is 25.5 Å². The van der Waals surface area contributed by atoms with Crippen molar-refractivity contribution in [3.05, 3.63) is 70.7 Å². The van der Waals surface area contributed by atoms with Gasteiger partial charge in [-0.15, -0.1) is 11.3 Å². The molecular formula is C22H23N3O3S. The lowest BCUT2D eigenvalue weighted by Gasteiger charge is -2.19. The summed E-state index contributed by atoms with van der Waals surface area (Å²) in [5.74, 6) is 1.97. The van der Waals surface area contributed by atoms with Crippen molar-refractivity contribution in [1.82, 2.24) is 10.3 Å². The number of aromatic nitrogens is 1. The van der Waals surface area contributed by atoms with E-state index in [4.69, 9.17) is 9.47 Å². The Hall–Kier alpha value is -3.06. The summed E-state index contributed by atoms with van der Waals surface area (Å²) in [7, 11) is 1.65. The number of carbonyl (C=O) groups excluding carboxylic acids is 1. The van der Waals surface area contributed by atoms with Crippen LogP contribution in [0.3, 0.4) is 0 Å². The second-order valence-corrected chi connectivity index (χ2v) is 7.70. The third kappa shape index (κ3) is 5.26. The molecule has 1 aromatic heterocycles. The van der Waals surface area contributed by atoms with Crippen molar-refractivity contribution < 1.29 is 14.3 Å². The van der Waals surface area contributed by atoms with E-state index in [1.807, 2.05) is 53.9 Å². The fraction of sp³-hybridized carbons (Fsp3) is 0.273. The molecule has 1 saturated carbocycles. The third-order valence-corrected chi connectivity index (χ3v) is 5.45. The van der Waals surface area contributed by atoms with Gasteiger partial charge in [0.05, 0.1) is 24.4 Å². The van der Waals surface area contributed by atoms with Crippen LogP contribution in [0.15, 0.2) is 59.4 Å². The van der Waals surface area contributed by atoms with Crippen molar-refractivity contribution in [2.75, 3.05) is 12.4 Å². The topological polar surface area (TPSA) is 72.5 Å². The van der Waals surface area contributed by atoms with Gasteiger partial charge in [-0.25, -0.2) is 9.78 Å². The monoisotopic (exact) mass is 409 g/mol. The van der Waals surface area contributed by atoms with Gasteiger partial charge in [-0.3, -0.25) is 0 Å². The van der Waals surface area contributed by atoms with Gasteiger partial charge in [0.15, 0.2) is 0 Å². The molecule has 150 valence electrons. The van der Waals surface area contributed by atoms with E-state index in [2.05, 4.69) is 15.6 Å². The summed E-state index contributed by atoms with van der Waals surface area (Å²) in [6.45, 7) is 0.403. The zero-order valence-electron chi connectivity index (χ0n) is 16.1. The van der Waals surface area contributed by atoms with E-state index in [1.165, 1.54) is 11.3 Å². The summed E-state index contributed by atoms with van der Waals surface area (Å²) in [5, 5.41) is 7.98. The Balaban J connectivity index is 1.37. The van der Waals surface area contributed by atoms with Gasteiger partial charge in [0.1, 0.15) is 18.1 Å². The zero-order chi connectivity index (χ0) is 20.1. The maximum atomic E-state index is 12.6. The molecule has 2 aromatic carbocycles. The quantitative estimate of drug-likeness (QED) is 0.549.